The van der Waals surface area contributed by atoms with Crippen LogP contribution in [0.3, 0.4) is 0 Å². The highest BCUT2D eigenvalue weighted by Gasteiger charge is 2.42. The van der Waals surface area contributed by atoms with Gasteiger partial charge < -0.3 is 19.9 Å². The van der Waals surface area contributed by atoms with Gasteiger partial charge in [0.2, 0.25) is 12.2 Å². The molecule has 0 fully saturated rings. The van der Waals surface area contributed by atoms with Crippen LogP contribution in [0, 0.1) is 13.8 Å². The number of aryl methyl sites for hydroxylation is 2. The Morgan fingerprint density at radius 1 is 0.714 bits per heavy atom. The number of carbonyl (C=O) groups is 4. The van der Waals surface area contributed by atoms with Crippen molar-refractivity contribution in [2.24, 2.45) is 0 Å². The minimum Gasteiger partial charge on any atom is -0.478 e. The van der Waals surface area contributed by atoms with E-state index in [0.717, 1.165) is 29.8 Å². The molecular weight excluding hydrogens is 576 g/mol. The summed E-state index contributed by atoms with van der Waals surface area (Å²) in [5.41, 5.74) is -2.58. The van der Waals surface area contributed by atoms with Crippen LogP contribution in [0.25, 0.3) is 0 Å². The number of hydrogen-bond donors (Lipinski definition) is 2. The molecule has 0 radical (unpaired) electrons. The molecule has 0 heterocycles. The molecule has 0 saturated carbocycles. The average Bonchev–Trinajstić information content (AvgIpc) is 2.91. The van der Waals surface area contributed by atoms with Crippen LogP contribution in [-0.4, -0.2) is 41.1 Å². The number of anilines is 1. The number of carboxylic acid groups (broad SMARTS) is 1. The first-order valence-corrected chi connectivity index (χ1v) is 11.8. The van der Waals surface area contributed by atoms with Gasteiger partial charge in [0.25, 0.3) is 5.91 Å². The molecule has 14 heteroatoms. The van der Waals surface area contributed by atoms with Gasteiger partial charge in [-0.3, -0.25) is 4.79 Å². The molecule has 0 unspecified atom stereocenters. The lowest BCUT2D eigenvalue weighted by atomic mass is 10.1. The van der Waals surface area contributed by atoms with Crippen LogP contribution in [0.2, 0.25) is 0 Å². The molecule has 0 aromatic heterocycles. The number of carboxylic acids is 1. The quantitative estimate of drug-likeness (QED) is 0.248. The van der Waals surface area contributed by atoms with Gasteiger partial charge in [0.1, 0.15) is 0 Å². The van der Waals surface area contributed by atoms with Crippen molar-refractivity contribution >= 4 is 29.5 Å². The van der Waals surface area contributed by atoms with E-state index in [1.54, 1.807) is 26.0 Å². The fourth-order valence-corrected chi connectivity index (χ4v) is 3.66. The Kier molecular flexibility index (Phi) is 9.29. The van der Waals surface area contributed by atoms with Crippen molar-refractivity contribution in [3.05, 3.63) is 100 Å². The van der Waals surface area contributed by atoms with Gasteiger partial charge in [0.15, 0.2) is 0 Å². The standard InChI is InChI=1S/C28H21F6NO7/c1-14-9-10-20(15(2)11-14)35-23(36)21(41-25(39)16-5-3-7-18(12-16)27(29,30)31)22(24(37)38)42-26(40)17-6-4-8-19(13-17)28(32,33)34/h3-13,21-22H,1-2H3,(H,35,36)(H,37,38)/t21-,22+/m0/s1. The Balaban J connectivity index is 1.99. The molecule has 222 valence electrons. The van der Waals surface area contributed by atoms with E-state index in [-0.39, 0.29) is 5.69 Å². The van der Waals surface area contributed by atoms with Crippen molar-refractivity contribution in [2.45, 2.75) is 38.4 Å². The van der Waals surface area contributed by atoms with Crippen molar-refractivity contribution in [1.82, 2.24) is 0 Å². The zero-order valence-corrected chi connectivity index (χ0v) is 21.7. The SMILES string of the molecule is Cc1ccc(NC(=O)[C@@H](OC(=O)c2cccc(C(F)(F)F)c2)[C@@H](OC(=O)c2cccc(C(F)(F)F)c2)C(=O)O)c(C)c1. The van der Waals surface area contributed by atoms with Gasteiger partial charge in [0.05, 0.1) is 22.3 Å². The van der Waals surface area contributed by atoms with E-state index < -0.39 is 70.6 Å². The second-order valence-corrected chi connectivity index (χ2v) is 8.95. The third-order valence-electron chi connectivity index (χ3n) is 5.74. The van der Waals surface area contributed by atoms with E-state index in [4.69, 9.17) is 9.47 Å². The Labute approximate surface area is 233 Å². The minimum atomic E-state index is -4.86. The van der Waals surface area contributed by atoms with Crippen molar-refractivity contribution in [2.75, 3.05) is 5.32 Å². The van der Waals surface area contributed by atoms with Crippen molar-refractivity contribution < 1.29 is 60.1 Å². The summed E-state index contributed by atoms with van der Waals surface area (Å²) >= 11 is 0. The van der Waals surface area contributed by atoms with Gasteiger partial charge in [0, 0.05) is 5.69 Å². The lowest BCUT2D eigenvalue weighted by molar-refractivity contribution is -0.157. The molecule has 3 rings (SSSR count). The van der Waals surface area contributed by atoms with Crippen LogP contribution in [0.15, 0.2) is 66.7 Å². The summed E-state index contributed by atoms with van der Waals surface area (Å²) < 4.78 is 88.6. The first-order chi connectivity index (χ1) is 19.5. The van der Waals surface area contributed by atoms with Crippen LogP contribution in [0.1, 0.15) is 43.0 Å². The lowest BCUT2D eigenvalue weighted by Crippen LogP contribution is -2.48. The van der Waals surface area contributed by atoms with E-state index >= 15 is 0 Å². The Morgan fingerprint density at radius 2 is 1.19 bits per heavy atom. The van der Waals surface area contributed by atoms with Crippen molar-refractivity contribution in [3.63, 3.8) is 0 Å². The van der Waals surface area contributed by atoms with Crippen LogP contribution < -0.4 is 5.32 Å². The maximum Gasteiger partial charge on any atom is 0.416 e. The van der Waals surface area contributed by atoms with Crippen LogP contribution in [0.5, 0.6) is 0 Å². The summed E-state index contributed by atoms with van der Waals surface area (Å²) in [5.74, 6) is -6.60. The largest absolute Gasteiger partial charge is 0.478 e. The maximum absolute atomic E-state index is 13.2. The van der Waals surface area contributed by atoms with E-state index in [0.29, 0.717) is 29.8 Å². The highest BCUT2D eigenvalue weighted by molar-refractivity contribution is 6.02. The molecule has 8 nitrogen and oxygen atoms in total. The summed E-state index contributed by atoms with van der Waals surface area (Å²) in [4.78, 5) is 50.8. The smallest absolute Gasteiger partial charge is 0.416 e. The number of nitrogens with one attached hydrogen (secondary N) is 1. The number of carbonyl (C=O) groups excluding carboxylic acids is 3. The molecule has 0 aliphatic heterocycles. The van der Waals surface area contributed by atoms with E-state index in [2.05, 4.69) is 5.32 Å². The fourth-order valence-electron chi connectivity index (χ4n) is 3.66. The number of halogens is 6. The van der Waals surface area contributed by atoms with E-state index in [9.17, 15) is 50.6 Å². The fraction of sp³-hybridized carbons (Fsp3) is 0.214. The normalized spacial score (nSPS) is 13.0. The van der Waals surface area contributed by atoms with Gasteiger partial charge in [-0.2, -0.15) is 26.3 Å². The highest BCUT2D eigenvalue weighted by Crippen LogP contribution is 2.31. The second-order valence-electron chi connectivity index (χ2n) is 8.95. The first-order valence-electron chi connectivity index (χ1n) is 11.8. The molecule has 0 saturated heterocycles. The number of alkyl halides is 6. The predicted octanol–water partition coefficient (Wildman–Crippen LogP) is 5.82. The third kappa shape index (κ3) is 7.86. The van der Waals surface area contributed by atoms with Crippen LogP contribution >= 0.6 is 0 Å². The monoisotopic (exact) mass is 597 g/mol. The number of aliphatic carboxylic acids is 1. The van der Waals surface area contributed by atoms with Crippen LogP contribution in [0.4, 0.5) is 32.0 Å². The molecule has 2 N–H and O–H groups in total. The molecule has 0 aliphatic carbocycles. The van der Waals surface area contributed by atoms with Gasteiger partial charge in [-0.05, 0) is 61.9 Å². The molecule has 2 atom stereocenters. The topological polar surface area (TPSA) is 119 Å². The third-order valence-corrected chi connectivity index (χ3v) is 5.74. The molecule has 3 aromatic rings. The van der Waals surface area contributed by atoms with Crippen molar-refractivity contribution in [1.29, 1.82) is 0 Å². The van der Waals surface area contributed by atoms with Gasteiger partial charge in [-0.1, -0.05) is 29.8 Å². The second kappa shape index (κ2) is 12.3. The summed E-state index contributed by atoms with van der Waals surface area (Å²) in [6, 6.07) is 10.2. The van der Waals surface area contributed by atoms with E-state index in [1.165, 1.54) is 6.07 Å². The maximum atomic E-state index is 13.2. The number of benzene rings is 3. The average molecular weight is 597 g/mol. The number of rotatable bonds is 8. The molecule has 3 aromatic carbocycles. The zero-order chi connectivity index (χ0) is 31.4. The molecule has 0 aliphatic rings. The summed E-state index contributed by atoms with van der Waals surface area (Å²) in [6.07, 6.45) is -14.9. The molecule has 0 spiro atoms. The minimum absolute atomic E-state index is 0.124. The molecule has 1 amide bonds. The van der Waals surface area contributed by atoms with Gasteiger partial charge >= 0.3 is 30.3 Å². The summed E-state index contributed by atoms with van der Waals surface area (Å²) in [7, 11) is 0. The molecule has 42 heavy (non-hydrogen) atoms. The highest BCUT2D eigenvalue weighted by atomic mass is 19.4. The van der Waals surface area contributed by atoms with Crippen molar-refractivity contribution in [3.8, 4) is 0 Å². The zero-order valence-electron chi connectivity index (χ0n) is 21.7. The number of esters is 2. The molecular formula is C28H21F6NO7. The summed E-state index contributed by atoms with van der Waals surface area (Å²) in [5, 5.41) is 12.1. The Morgan fingerprint density at radius 3 is 1.62 bits per heavy atom. The Bertz CT molecular complexity index is 1520. The lowest BCUT2D eigenvalue weighted by Gasteiger charge is -2.24. The number of hydrogen-bond acceptors (Lipinski definition) is 6. The first kappa shape index (κ1) is 31.6. The van der Waals surface area contributed by atoms with E-state index in [1.807, 2.05) is 0 Å². The van der Waals surface area contributed by atoms with Gasteiger partial charge in [-0.25, -0.2) is 14.4 Å². The molecule has 0 bridgehead atoms. The van der Waals surface area contributed by atoms with Crippen LogP contribution in [-0.2, 0) is 31.4 Å². The summed E-state index contributed by atoms with van der Waals surface area (Å²) in [6.45, 7) is 3.32. The predicted molar refractivity (Wildman–Crippen MR) is 133 cm³/mol. The number of amides is 1. The number of ether oxygens (including phenoxy) is 2. The Hall–Kier alpha value is -4.88. The van der Waals surface area contributed by atoms with Gasteiger partial charge in [-0.15, -0.1) is 0 Å².